The molecule has 2 rings (SSSR count). The molecule has 1 fully saturated rings. The Morgan fingerprint density at radius 2 is 1.84 bits per heavy atom. The topological polar surface area (TPSA) is 49.4 Å². The van der Waals surface area contributed by atoms with Crippen LogP contribution in [0.15, 0.2) is 30.3 Å². The number of likely N-dealkylation sites (tertiary alicyclic amines) is 1. The molecular formula is C15H20N2O2. The Bertz CT molecular complexity index is 439. The number of nitrogens with one attached hydrogen (secondary N) is 1. The molecule has 19 heavy (non-hydrogen) atoms. The van der Waals surface area contributed by atoms with Crippen LogP contribution in [0.4, 0.5) is 0 Å². The summed E-state index contributed by atoms with van der Waals surface area (Å²) in [6.45, 7) is 3.33. The highest BCUT2D eigenvalue weighted by Crippen LogP contribution is 2.08. The van der Waals surface area contributed by atoms with E-state index < -0.39 is 11.8 Å². The zero-order valence-electron chi connectivity index (χ0n) is 11.3. The Morgan fingerprint density at radius 1 is 1.21 bits per heavy atom. The maximum Gasteiger partial charge on any atom is 0.311 e. The summed E-state index contributed by atoms with van der Waals surface area (Å²) in [5, 5.41) is 2.77. The van der Waals surface area contributed by atoms with Crippen molar-refractivity contribution in [3.8, 4) is 0 Å². The highest BCUT2D eigenvalue weighted by atomic mass is 16.2. The minimum absolute atomic E-state index is 0.0403. The second-order valence-electron chi connectivity index (χ2n) is 5.06. The summed E-state index contributed by atoms with van der Waals surface area (Å²) in [4.78, 5) is 25.3. The molecule has 0 aliphatic carbocycles. The van der Waals surface area contributed by atoms with Crippen molar-refractivity contribution in [3.63, 3.8) is 0 Å². The van der Waals surface area contributed by atoms with Crippen molar-refractivity contribution in [2.75, 3.05) is 13.1 Å². The van der Waals surface area contributed by atoms with E-state index in [1.54, 1.807) is 4.90 Å². The lowest BCUT2D eigenvalue weighted by Gasteiger charge is -2.17. The van der Waals surface area contributed by atoms with Gasteiger partial charge in [-0.25, -0.2) is 0 Å². The van der Waals surface area contributed by atoms with Gasteiger partial charge in [-0.1, -0.05) is 30.3 Å². The zero-order valence-corrected chi connectivity index (χ0v) is 11.3. The first-order valence-electron chi connectivity index (χ1n) is 6.80. The van der Waals surface area contributed by atoms with Crippen LogP contribution in [0.3, 0.4) is 0 Å². The van der Waals surface area contributed by atoms with Crippen molar-refractivity contribution in [1.82, 2.24) is 10.2 Å². The molecule has 1 atom stereocenters. The molecule has 0 radical (unpaired) electrons. The van der Waals surface area contributed by atoms with E-state index in [4.69, 9.17) is 0 Å². The van der Waals surface area contributed by atoms with Crippen LogP contribution in [0, 0.1) is 0 Å². The third-order valence-electron chi connectivity index (χ3n) is 3.35. The molecule has 1 heterocycles. The fourth-order valence-electron chi connectivity index (χ4n) is 2.37. The fraction of sp³-hybridized carbons (Fsp3) is 0.467. The van der Waals surface area contributed by atoms with Gasteiger partial charge in [0, 0.05) is 19.1 Å². The van der Waals surface area contributed by atoms with Gasteiger partial charge in [0.2, 0.25) is 0 Å². The molecule has 4 heteroatoms. The smallest absolute Gasteiger partial charge is 0.311 e. The maximum atomic E-state index is 11.8. The minimum atomic E-state index is -0.481. The lowest BCUT2D eigenvalue weighted by atomic mass is 10.1. The molecule has 102 valence electrons. The molecule has 2 amide bonds. The van der Waals surface area contributed by atoms with E-state index in [1.807, 2.05) is 37.3 Å². The highest BCUT2D eigenvalue weighted by molar-refractivity contribution is 6.35. The van der Waals surface area contributed by atoms with Gasteiger partial charge in [0.15, 0.2) is 0 Å². The molecule has 1 aromatic carbocycles. The predicted molar refractivity (Wildman–Crippen MR) is 73.6 cm³/mol. The second-order valence-corrected chi connectivity index (χ2v) is 5.06. The number of hydrogen-bond acceptors (Lipinski definition) is 2. The van der Waals surface area contributed by atoms with E-state index in [2.05, 4.69) is 5.32 Å². The highest BCUT2D eigenvalue weighted by Gasteiger charge is 2.25. The van der Waals surface area contributed by atoms with E-state index in [9.17, 15) is 9.59 Å². The summed E-state index contributed by atoms with van der Waals surface area (Å²) in [6, 6.07) is 9.90. The predicted octanol–water partition coefficient (Wildman–Crippen LogP) is 1.36. The standard InChI is InChI=1S/C15H20N2O2/c1-12(11-13-7-3-2-4-8-13)16-14(18)15(19)17-9-5-6-10-17/h2-4,7-8,12H,5-6,9-11H2,1H3,(H,16,18). The quantitative estimate of drug-likeness (QED) is 0.834. The number of benzene rings is 1. The first-order chi connectivity index (χ1) is 9.16. The van der Waals surface area contributed by atoms with Gasteiger partial charge in [-0.2, -0.15) is 0 Å². The first-order valence-corrected chi connectivity index (χ1v) is 6.80. The van der Waals surface area contributed by atoms with Gasteiger partial charge >= 0.3 is 11.8 Å². The van der Waals surface area contributed by atoms with Crippen LogP contribution < -0.4 is 5.32 Å². The van der Waals surface area contributed by atoms with Gasteiger partial charge in [0.25, 0.3) is 0 Å². The average molecular weight is 260 g/mol. The number of nitrogens with zero attached hydrogens (tertiary/aromatic N) is 1. The van der Waals surface area contributed by atoms with Crippen molar-refractivity contribution < 1.29 is 9.59 Å². The molecule has 1 N–H and O–H groups in total. The second kappa shape index (κ2) is 6.36. The SMILES string of the molecule is CC(Cc1ccccc1)NC(=O)C(=O)N1CCCC1. The molecule has 4 nitrogen and oxygen atoms in total. The maximum absolute atomic E-state index is 11.8. The summed E-state index contributed by atoms with van der Waals surface area (Å²) < 4.78 is 0. The van der Waals surface area contributed by atoms with Crippen LogP contribution in [-0.2, 0) is 16.0 Å². The van der Waals surface area contributed by atoms with Crippen molar-refractivity contribution in [1.29, 1.82) is 0 Å². The molecule has 0 saturated carbocycles. The Hall–Kier alpha value is -1.84. The van der Waals surface area contributed by atoms with Gasteiger partial charge in [-0.3, -0.25) is 9.59 Å². The van der Waals surface area contributed by atoms with Gasteiger partial charge < -0.3 is 10.2 Å². The molecule has 0 spiro atoms. The number of carbonyl (C=O) groups excluding carboxylic acids is 2. The van der Waals surface area contributed by atoms with Crippen LogP contribution in [0.5, 0.6) is 0 Å². The Morgan fingerprint density at radius 3 is 2.47 bits per heavy atom. The average Bonchev–Trinajstić information content (AvgIpc) is 2.92. The minimum Gasteiger partial charge on any atom is -0.345 e. The van der Waals surface area contributed by atoms with E-state index >= 15 is 0 Å². The summed E-state index contributed by atoms with van der Waals surface area (Å²) in [5.41, 5.74) is 1.16. The number of rotatable bonds is 3. The molecule has 0 aromatic heterocycles. The normalized spacial score (nSPS) is 16.2. The van der Waals surface area contributed by atoms with Crippen LogP contribution in [0.25, 0.3) is 0 Å². The van der Waals surface area contributed by atoms with Crippen LogP contribution in [0.1, 0.15) is 25.3 Å². The van der Waals surface area contributed by atoms with Crippen LogP contribution in [-0.4, -0.2) is 35.8 Å². The fourth-order valence-corrected chi connectivity index (χ4v) is 2.37. The zero-order chi connectivity index (χ0) is 13.7. The molecule has 1 saturated heterocycles. The molecule has 0 bridgehead atoms. The molecule has 1 aliphatic heterocycles. The van der Waals surface area contributed by atoms with E-state index in [0.717, 1.165) is 24.8 Å². The monoisotopic (exact) mass is 260 g/mol. The van der Waals surface area contributed by atoms with Crippen molar-refractivity contribution in [3.05, 3.63) is 35.9 Å². The number of hydrogen-bond donors (Lipinski definition) is 1. The van der Waals surface area contributed by atoms with Crippen molar-refractivity contribution in [2.45, 2.75) is 32.2 Å². The van der Waals surface area contributed by atoms with Gasteiger partial charge in [0.1, 0.15) is 0 Å². The lowest BCUT2D eigenvalue weighted by Crippen LogP contribution is -2.45. The van der Waals surface area contributed by atoms with Gasteiger partial charge in [-0.05, 0) is 31.7 Å². The van der Waals surface area contributed by atoms with E-state index in [-0.39, 0.29) is 6.04 Å². The van der Waals surface area contributed by atoms with Gasteiger partial charge in [-0.15, -0.1) is 0 Å². The van der Waals surface area contributed by atoms with Crippen molar-refractivity contribution in [2.24, 2.45) is 0 Å². The Balaban J connectivity index is 1.83. The van der Waals surface area contributed by atoms with E-state index in [0.29, 0.717) is 13.1 Å². The van der Waals surface area contributed by atoms with Crippen LogP contribution >= 0.6 is 0 Å². The number of amides is 2. The third kappa shape index (κ3) is 3.81. The first kappa shape index (κ1) is 13.6. The summed E-state index contributed by atoms with van der Waals surface area (Å²) in [6.07, 6.45) is 2.73. The Kier molecular flexibility index (Phi) is 4.55. The largest absolute Gasteiger partial charge is 0.345 e. The van der Waals surface area contributed by atoms with Crippen LogP contribution in [0.2, 0.25) is 0 Å². The van der Waals surface area contributed by atoms with E-state index in [1.165, 1.54) is 0 Å². The Labute approximate surface area is 113 Å². The molecule has 1 aromatic rings. The lowest BCUT2D eigenvalue weighted by molar-refractivity contribution is -0.145. The van der Waals surface area contributed by atoms with Gasteiger partial charge in [0.05, 0.1) is 0 Å². The number of carbonyl (C=O) groups is 2. The summed E-state index contributed by atoms with van der Waals surface area (Å²) in [5.74, 6) is -0.872. The van der Waals surface area contributed by atoms with Crippen molar-refractivity contribution >= 4 is 11.8 Å². The third-order valence-corrected chi connectivity index (χ3v) is 3.35. The summed E-state index contributed by atoms with van der Waals surface area (Å²) in [7, 11) is 0. The molecular weight excluding hydrogens is 240 g/mol. The molecule has 1 aliphatic rings. The molecule has 1 unspecified atom stereocenters. The summed E-state index contributed by atoms with van der Waals surface area (Å²) >= 11 is 0.